The molecule has 1 aromatic heterocycles. The summed E-state index contributed by atoms with van der Waals surface area (Å²) in [7, 11) is 1.59. The van der Waals surface area contributed by atoms with E-state index < -0.39 is 5.60 Å². The standard InChI is InChI=1S/C33H42FN3O5/c1-4-24-27(34)9-7-22-14-23(42-20-40-3)16-26(29(22)24)21-6-8-25-28(15-21)35-31(41-19-33(18-38)11-12-33)36-30(25)37-13-5-10-32(2,39)17-37/h7,9,14,16,21,38-39H,4-6,8,10-13,15,17-20H2,1-3H3/t21?,32-/m1/s1. The fraction of sp³-hybridized carbons (Fsp3) is 0.576. The summed E-state index contributed by atoms with van der Waals surface area (Å²) in [6.45, 7) is 5.79. The maximum atomic E-state index is 15.1. The Morgan fingerprint density at radius 1 is 1.14 bits per heavy atom. The monoisotopic (exact) mass is 579 g/mol. The third-order valence-electron chi connectivity index (χ3n) is 9.32. The maximum Gasteiger partial charge on any atom is 0.318 e. The number of aromatic nitrogens is 2. The number of aryl methyl sites for hydroxylation is 1. The molecule has 42 heavy (non-hydrogen) atoms. The summed E-state index contributed by atoms with van der Waals surface area (Å²) in [4.78, 5) is 12.0. The van der Waals surface area contributed by atoms with Crippen molar-refractivity contribution in [1.29, 1.82) is 0 Å². The molecule has 226 valence electrons. The summed E-state index contributed by atoms with van der Waals surface area (Å²) in [6.07, 6.45) is 6.35. The molecule has 0 spiro atoms. The topological polar surface area (TPSA) is 97.2 Å². The van der Waals surface area contributed by atoms with E-state index in [0.29, 0.717) is 43.3 Å². The Morgan fingerprint density at radius 2 is 1.98 bits per heavy atom. The van der Waals surface area contributed by atoms with Gasteiger partial charge in [0, 0.05) is 31.2 Å². The van der Waals surface area contributed by atoms with Crippen molar-refractivity contribution in [2.45, 2.75) is 76.7 Å². The number of aliphatic hydroxyl groups is 2. The average Bonchev–Trinajstić information content (AvgIpc) is 3.78. The molecule has 3 aliphatic rings. The number of hydrogen-bond acceptors (Lipinski definition) is 8. The number of hydrogen-bond donors (Lipinski definition) is 2. The smallest absolute Gasteiger partial charge is 0.318 e. The van der Waals surface area contributed by atoms with Crippen molar-refractivity contribution in [3.63, 3.8) is 0 Å². The molecule has 0 amide bonds. The molecule has 0 radical (unpaired) electrons. The van der Waals surface area contributed by atoms with E-state index in [1.165, 1.54) is 6.07 Å². The lowest BCUT2D eigenvalue weighted by molar-refractivity contribution is 0.0445. The number of β-amino-alcohol motifs (C(OH)–C–C–N with tert-alkyl or cyclic N) is 1. The van der Waals surface area contributed by atoms with Crippen molar-refractivity contribution in [3.8, 4) is 11.8 Å². The van der Waals surface area contributed by atoms with E-state index in [9.17, 15) is 10.2 Å². The molecule has 2 atom stereocenters. The second kappa shape index (κ2) is 11.6. The maximum absolute atomic E-state index is 15.1. The van der Waals surface area contributed by atoms with Crippen LogP contribution in [0.2, 0.25) is 0 Å². The zero-order valence-corrected chi connectivity index (χ0v) is 24.9. The largest absolute Gasteiger partial charge is 0.468 e. The van der Waals surface area contributed by atoms with Gasteiger partial charge in [-0.1, -0.05) is 13.0 Å². The predicted octanol–water partition coefficient (Wildman–Crippen LogP) is 5.09. The fourth-order valence-corrected chi connectivity index (χ4v) is 6.71. The predicted molar refractivity (Wildman–Crippen MR) is 159 cm³/mol. The first-order valence-electron chi connectivity index (χ1n) is 15.2. The number of piperidine rings is 1. The number of methoxy groups -OCH3 is 1. The van der Waals surface area contributed by atoms with Crippen LogP contribution in [0.15, 0.2) is 24.3 Å². The molecule has 2 N–H and O–H groups in total. The van der Waals surface area contributed by atoms with Crippen LogP contribution in [0, 0.1) is 11.2 Å². The summed E-state index contributed by atoms with van der Waals surface area (Å²) >= 11 is 0. The molecule has 8 nitrogen and oxygen atoms in total. The molecule has 1 saturated carbocycles. The molecule has 3 aromatic rings. The molecule has 2 heterocycles. The number of fused-ring (bicyclic) bond motifs is 2. The van der Waals surface area contributed by atoms with Gasteiger partial charge in [0.05, 0.1) is 24.5 Å². The Kier molecular flexibility index (Phi) is 8.02. The van der Waals surface area contributed by atoms with Crippen molar-refractivity contribution in [2.24, 2.45) is 5.41 Å². The van der Waals surface area contributed by atoms with Gasteiger partial charge < -0.3 is 29.3 Å². The Hall–Kier alpha value is -3.01. The van der Waals surface area contributed by atoms with Crippen molar-refractivity contribution in [1.82, 2.24) is 9.97 Å². The molecular formula is C33H42FN3O5. The van der Waals surface area contributed by atoms with Crippen LogP contribution in [-0.2, 0) is 24.0 Å². The van der Waals surface area contributed by atoms with E-state index in [0.717, 1.165) is 78.5 Å². The minimum Gasteiger partial charge on any atom is -0.468 e. The highest BCUT2D eigenvalue weighted by Crippen LogP contribution is 2.46. The molecule has 6 rings (SSSR count). The quantitative estimate of drug-likeness (QED) is 0.321. The minimum absolute atomic E-state index is 0.0884. The fourth-order valence-electron chi connectivity index (χ4n) is 6.71. The second-order valence-electron chi connectivity index (χ2n) is 12.7. The number of ether oxygens (including phenoxy) is 3. The van der Waals surface area contributed by atoms with Crippen LogP contribution in [0.4, 0.5) is 10.2 Å². The molecule has 1 aliphatic heterocycles. The summed E-state index contributed by atoms with van der Waals surface area (Å²) in [5, 5.41) is 22.6. The van der Waals surface area contributed by atoms with Crippen LogP contribution in [0.5, 0.6) is 11.8 Å². The SMILES string of the molecule is CCc1c(F)ccc2cc(OCOC)cc(C3CCc4c(nc(OCC5(CO)CC5)nc4N4CCC[C@@](C)(O)C4)C3)c12. The van der Waals surface area contributed by atoms with Crippen LogP contribution in [0.25, 0.3) is 10.8 Å². The molecule has 2 aromatic carbocycles. The first-order valence-corrected chi connectivity index (χ1v) is 15.2. The summed E-state index contributed by atoms with van der Waals surface area (Å²) in [5.74, 6) is 1.43. The van der Waals surface area contributed by atoms with Gasteiger partial charge in [0.1, 0.15) is 17.4 Å². The van der Waals surface area contributed by atoms with E-state index in [2.05, 4.69) is 4.90 Å². The van der Waals surface area contributed by atoms with Crippen LogP contribution in [-0.4, -0.2) is 66.0 Å². The molecule has 9 heteroatoms. The van der Waals surface area contributed by atoms with Crippen molar-refractivity contribution < 1.29 is 28.8 Å². The first-order chi connectivity index (χ1) is 20.2. The van der Waals surface area contributed by atoms with E-state index in [-0.39, 0.29) is 30.5 Å². The van der Waals surface area contributed by atoms with Crippen molar-refractivity contribution in [2.75, 3.05) is 45.1 Å². The molecule has 1 unspecified atom stereocenters. The Balaban J connectivity index is 1.40. The second-order valence-corrected chi connectivity index (χ2v) is 12.7. The number of benzene rings is 2. The molecular weight excluding hydrogens is 537 g/mol. The average molecular weight is 580 g/mol. The number of rotatable bonds is 10. The number of anilines is 1. The van der Waals surface area contributed by atoms with E-state index in [4.69, 9.17) is 24.2 Å². The Bertz CT molecular complexity index is 1460. The van der Waals surface area contributed by atoms with Gasteiger partial charge in [0.15, 0.2) is 6.79 Å². The van der Waals surface area contributed by atoms with Gasteiger partial charge >= 0.3 is 6.01 Å². The Labute approximate surface area is 246 Å². The lowest BCUT2D eigenvalue weighted by atomic mass is 9.79. The highest BCUT2D eigenvalue weighted by molar-refractivity contribution is 5.91. The molecule has 2 fully saturated rings. The summed E-state index contributed by atoms with van der Waals surface area (Å²) in [6, 6.07) is 7.67. The minimum atomic E-state index is -0.786. The van der Waals surface area contributed by atoms with Crippen LogP contribution in [0.3, 0.4) is 0 Å². The number of aliphatic hydroxyl groups excluding tert-OH is 1. The van der Waals surface area contributed by atoms with Gasteiger partial charge in [-0.25, -0.2) is 4.39 Å². The van der Waals surface area contributed by atoms with Crippen LogP contribution < -0.4 is 14.4 Å². The van der Waals surface area contributed by atoms with Crippen molar-refractivity contribution >= 4 is 16.6 Å². The number of halogens is 1. The first kappa shape index (κ1) is 29.1. The number of nitrogens with zero attached hydrogens (tertiary/aromatic N) is 3. The normalized spacial score (nSPS) is 23.1. The van der Waals surface area contributed by atoms with Gasteiger partial charge in [-0.3, -0.25) is 0 Å². The van der Waals surface area contributed by atoms with Crippen LogP contribution in [0.1, 0.15) is 74.3 Å². The summed E-state index contributed by atoms with van der Waals surface area (Å²) < 4.78 is 32.2. The Morgan fingerprint density at radius 3 is 2.69 bits per heavy atom. The van der Waals surface area contributed by atoms with Crippen molar-refractivity contribution in [3.05, 3.63) is 52.5 Å². The zero-order chi connectivity index (χ0) is 29.5. The van der Waals surface area contributed by atoms with Crippen LogP contribution >= 0.6 is 0 Å². The van der Waals surface area contributed by atoms with E-state index in [1.807, 2.05) is 32.0 Å². The van der Waals surface area contributed by atoms with E-state index >= 15 is 4.39 Å². The van der Waals surface area contributed by atoms with Gasteiger partial charge in [0.2, 0.25) is 0 Å². The summed E-state index contributed by atoms with van der Waals surface area (Å²) in [5.41, 5.74) is 2.81. The van der Waals surface area contributed by atoms with Gasteiger partial charge in [-0.05, 0) is 104 Å². The van der Waals surface area contributed by atoms with Gasteiger partial charge in [-0.15, -0.1) is 0 Å². The van der Waals surface area contributed by atoms with Gasteiger partial charge in [-0.2, -0.15) is 9.97 Å². The highest BCUT2D eigenvalue weighted by atomic mass is 19.1. The lowest BCUT2D eigenvalue weighted by Crippen LogP contribution is -2.47. The lowest BCUT2D eigenvalue weighted by Gasteiger charge is -2.39. The van der Waals surface area contributed by atoms with E-state index in [1.54, 1.807) is 7.11 Å². The molecule has 0 bridgehead atoms. The van der Waals surface area contributed by atoms with Gasteiger partial charge in [0.25, 0.3) is 0 Å². The third kappa shape index (κ3) is 5.79. The highest BCUT2D eigenvalue weighted by Gasteiger charge is 2.43. The zero-order valence-electron chi connectivity index (χ0n) is 24.9. The molecule has 1 saturated heterocycles. The third-order valence-corrected chi connectivity index (χ3v) is 9.32. The molecule has 2 aliphatic carbocycles.